The van der Waals surface area contributed by atoms with Gasteiger partial charge in [-0.15, -0.1) is 11.3 Å². The number of thiazole rings is 1. The van der Waals surface area contributed by atoms with E-state index in [-0.39, 0.29) is 17.1 Å². The summed E-state index contributed by atoms with van der Waals surface area (Å²) in [6.45, 7) is 9.81. The number of nitrogens with zero attached hydrogens (tertiary/aromatic N) is 2. The monoisotopic (exact) mass is 584 g/mol. The van der Waals surface area contributed by atoms with Gasteiger partial charge in [0, 0.05) is 24.1 Å². The van der Waals surface area contributed by atoms with Crippen LogP contribution in [0.1, 0.15) is 56.3 Å². The maximum atomic E-state index is 9.15. The van der Waals surface area contributed by atoms with E-state index in [4.69, 9.17) is 24.1 Å². The van der Waals surface area contributed by atoms with Crippen LogP contribution in [-0.2, 0) is 22.2 Å². The third-order valence-corrected chi connectivity index (χ3v) is 13.3. The van der Waals surface area contributed by atoms with Crippen LogP contribution in [0, 0.1) is 11.3 Å². The van der Waals surface area contributed by atoms with Crippen molar-refractivity contribution < 1.29 is 13.9 Å². The Balaban J connectivity index is 1.64. The third kappa shape index (κ3) is 7.52. The van der Waals surface area contributed by atoms with Crippen LogP contribution in [0.5, 0.6) is 5.75 Å². The summed E-state index contributed by atoms with van der Waals surface area (Å²) in [7, 11) is -1.05. The van der Waals surface area contributed by atoms with Crippen LogP contribution in [-0.4, -0.2) is 33.1 Å². The van der Waals surface area contributed by atoms with Gasteiger partial charge in [-0.3, -0.25) is 0 Å². The molecule has 0 N–H and O–H groups in total. The van der Waals surface area contributed by atoms with Gasteiger partial charge >= 0.3 is 0 Å². The molecule has 0 saturated carbocycles. The molecule has 0 saturated heterocycles. The first-order valence-electron chi connectivity index (χ1n) is 14.1. The van der Waals surface area contributed by atoms with Crippen LogP contribution >= 0.6 is 11.3 Å². The Bertz CT molecular complexity index is 1360. The quantitative estimate of drug-likeness (QED) is 0.160. The lowest BCUT2D eigenvalue weighted by Crippen LogP contribution is -2.67. The molecule has 0 amide bonds. The van der Waals surface area contributed by atoms with Gasteiger partial charge in [0.1, 0.15) is 5.75 Å². The van der Waals surface area contributed by atoms with Crippen LogP contribution in [0.2, 0.25) is 5.04 Å². The van der Waals surface area contributed by atoms with E-state index in [0.717, 1.165) is 22.0 Å². The van der Waals surface area contributed by atoms with E-state index in [9.17, 15) is 0 Å². The molecule has 5 nitrogen and oxygen atoms in total. The Labute approximate surface area is 249 Å². The maximum Gasteiger partial charge on any atom is 0.261 e. The van der Waals surface area contributed by atoms with Crippen molar-refractivity contribution in [3.05, 3.63) is 107 Å². The van der Waals surface area contributed by atoms with Crippen molar-refractivity contribution in [2.75, 3.05) is 13.7 Å². The lowest BCUT2D eigenvalue weighted by molar-refractivity contribution is 0.00744. The summed E-state index contributed by atoms with van der Waals surface area (Å²) in [5.74, 6) is 0.930. The highest BCUT2D eigenvalue weighted by Gasteiger charge is 2.50. The number of rotatable bonds is 13. The van der Waals surface area contributed by atoms with Crippen molar-refractivity contribution in [3.8, 4) is 11.8 Å². The molecule has 0 unspecified atom stereocenters. The van der Waals surface area contributed by atoms with Gasteiger partial charge in [-0.1, -0.05) is 100 Å². The molecule has 4 rings (SSSR count). The van der Waals surface area contributed by atoms with Gasteiger partial charge in [-0.2, -0.15) is 5.26 Å². The number of hydrogen-bond acceptors (Lipinski definition) is 6. The van der Waals surface area contributed by atoms with Crippen molar-refractivity contribution in [1.29, 1.82) is 5.26 Å². The zero-order chi connectivity index (χ0) is 29.3. The van der Waals surface area contributed by atoms with E-state index in [1.54, 1.807) is 18.4 Å². The van der Waals surface area contributed by atoms with E-state index in [2.05, 4.69) is 92.9 Å². The van der Waals surface area contributed by atoms with Crippen molar-refractivity contribution in [2.24, 2.45) is 0 Å². The van der Waals surface area contributed by atoms with E-state index >= 15 is 0 Å². The highest BCUT2D eigenvalue weighted by molar-refractivity contribution is 7.09. The predicted molar refractivity (Wildman–Crippen MR) is 170 cm³/mol. The second kappa shape index (κ2) is 14.1. The topological polar surface area (TPSA) is 64.4 Å². The summed E-state index contributed by atoms with van der Waals surface area (Å²) in [5.41, 5.74) is 2.04. The van der Waals surface area contributed by atoms with Gasteiger partial charge in [0.2, 0.25) is 0 Å². The summed E-state index contributed by atoms with van der Waals surface area (Å²) in [6.07, 6.45) is 0.888. The summed E-state index contributed by atoms with van der Waals surface area (Å²) in [4.78, 5) is 4.88. The van der Waals surface area contributed by atoms with Crippen molar-refractivity contribution in [2.45, 2.75) is 64.2 Å². The number of ether oxygens (including phenoxy) is 2. The standard InChI is InChI=1S/C34H40N2O3SSi/c1-26(20-21-35)32-25-40-33(36-32)22-29(38-23-27-16-18-28(37-5)19-17-27)24-39-41(34(2,3)4,30-12-8-6-9-13-30)31-14-10-7-11-15-31/h6-19,25-26,29H,20,22-24H2,1-5H3/t26-,29-/m0/s1. The highest BCUT2D eigenvalue weighted by Crippen LogP contribution is 2.37. The molecular formula is C34H40N2O3SSi. The van der Waals surface area contributed by atoms with Gasteiger partial charge in [0.15, 0.2) is 0 Å². The number of methoxy groups -OCH3 is 1. The van der Waals surface area contributed by atoms with Gasteiger partial charge in [-0.05, 0) is 33.1 Å². The number of nitriles is 1. The molecule has 3 aromatic carbocycles. The second-order valence-electron chi connectivity index (χ2n) is 11.4. The summed E-state index contributed by atoms with van der Waals surface area (Å²) in [6, 6.07) is 31.6. The molecule has 0 radical (unpaired) electrons. The molecule has 0 aliphatic rings. The summed E-state index contributed by atoms with van der Waals surface area (Å²) in [5, 5.41) is 14.6. The highest BCUT2D eigenvalue weighted by atomic mass is 32.1. The SMILES string of the molecule is COc1ccc(CO[C@H](CO[Si](c2ccccc2)(c2ccccc2)C(C)(C)C)Cc2nc([C@@H](C)CC#N)cs2)cc1. The molecule has 0 fully saturated rings. The van der Waals surface area contributed by atoms with Gasteiger partial charge in [0.05, 0.1) is 43.2 Å². The minimum Gasteiger partial charge on any atom is -0.497 e. The lowest BCUT2D eigenvalue weighted by atomic mass is 10.1. The molecule has 1 heterocycles. The van der Waals surface area contributed by atoms with Gasteiger partial charge < -0.3 is 13.9 Å². The van der Waals surface area contributed by atoms with Crippen LogP contribution in [0.4, 0.5) is 0 Å². The Morgan fingerprint density at radius 2 is 1.54 bits per heavy atom. The first-order valence-corrected chi connectivity index (χ1v) is 16.9. The molecule has 0 aliphatic heterocycles. The van der Waals surface area contributed by atoms with E-state index in [1.807, 2.05) is 31.2 Å². The fraction of sp³-hybridized carbons (Fsp3) is 0.353. The summed E-state index contributed by atoms with van der Waals surface area (Å²) < 4.78 is 19.1. The average molecular weight is 585 g/mol. The van der Waals surface area contributed by atoms with Crippen LogP contribution in [0.3, 0.4) is 0 Å². The van der Waals surface area contributed by atoms with Crippen molar-refractivity contribution in [1.82, 2.24) is 4.98 Å². The molecule has 0 bridgehead atoms. The van der Waals surface area contributed by atoms with E-state index in [0.29, 0.717) is 26.1 Å². The second-order valence-corrected chi connectivity index (χ2v) is 16.6. The van der Waals surface area contributed by atoms with Gasteiger partial charge in [0.25, 0.3) is 8.32 Å². The Morgan fingerprint density at radius 3 is 2.07 bits per heavy atom. The van der Waals surface area contributed by atoms with Crippen LogP contribution in [0.15, 0.2) is 90.3 Å². The smallest absolute Gasteiger partial charge is 0.261 e. The molecule has 0 spiro atoms. The fourth-order valence-electron chi connectivity index (χ4n) is 5.16. The number of aromatic nitrogens is 1. The van der Waals surface area contributed by atoms with Crippen molar-refractivity contribution in [3.63, 3.8) is 0 Å². The molecule has 214 valence electrons. The number of hydrogen-bond donors (Lipinski definition) is 0. The van der Waals surface area contributed by atoms with Crippen LogP contribution < -0.4 is 15.1 Å². The predicted octanol–water partition coefficient (Wildman–Crippen LogP) is 6.87. The molecule has 0 aliphatic carbocycles. The summed E-state index contributed by atoms with van der Waals surface area (Å²) >= 11 is 1.63. The Kier molecular flexibility index (Phi) is 10.5. The van der Waals surface area contributed by atoms with Crippen LogP contribution in [0.25, 0.3) is 0 Å². The molecule has 41 heavy (non-hydrogen) atoms. The van der Waals surface area contributed by atoms with Gasteiger partial charge in [-0.25, -0.2) is 4.98 Å². The van der Waals surface area contributed by atoms with E-state index in [1.165, 1.54) is 10.4 Å². The first kappa shape index (κ1) is 30.7. The number of benzene rings is 3. The lowest BCUT2D eigenvalue weighted by Gasteiger charge is -2.43. The molecular weight excluding hydrogens is 545 g/mol. The van der Waals surface area contributed by atoms with Crippen molar-refractivity contribution >= 4 is 30.0 Å². The minimum atomic E-state index is -2.72. The largest absolute Gasteiger partial charge is 0.497 e. The molecule has 4 aromatic rings. The first-order chi connectivity index (χ1) is 19.8. The normalized spacial score (nSPS) is 13.4. The molecule has 7 heteroatoms. The zero-order valence-corrected chi connectivity index (χ0v) is 26.5. The zero-order valence-electron chi connectivity index (χ0n) is 24.7. The minimum absolute atomic E-state index is 0.108. The third-order valence-electron chi connectivity index (χ3n) is 7.42. The Morgan fingerprint density at radius 1 is 0.927 bits per heavy atom. The average Bonchev–Trinajstić information content (AvgIpc) is 3.45. The Hall–Kier alpha value is -3.28. The molecule has 1 aromatic heterocycles. The maximum absolute atomic E-state index is 9.15. The van der Waals surface area contributed by atoms with E-state index < -0.39 is 8.32 Å². The fourth-order valence-corrected chi connectivity index (χ4v) is 10.7. The molecule has 2 atom stereocenters.